The van der Waals surface area contributed by atoms with Crippen molar-refractivity contribution in [1.29, 1.82) is 0 Å². The third-order valence-corrected chi connectivity index (χ3v) is 4.54. The van der Waals surface area contributed by atoms with Crippen molar-refractivity contribution in [2.45, 2.75) is 25.4 Å². The molecular formula is C16H14BrF3N4O2. The third kappa shape index (κ3) is 3.33. The summed E-state index contributed by atoms with van der Waals surface area (Å²) < 4.78 is 46.9. The molecule has 0 aliphatic carbocycles. The molecule has 3 rings (SSSR count). The summed E-state index contributed by atoms with van der Waals surface area (Å²) in [6.07, 6.45) is -2.04. The lowest BCUT2D eigenvalue weighted by Crippen LogP contribution is -2.18. The molecule has 10 heteroatoms. The second-order valence-corrected chi connectivity index (χ2v) is 7.31. The van der Waals surface area contributed by atoms with Crippen LogP contribution in [0.4, 0.5) is 13.2 Å². The highest BCUT2D eigenvalue weighted by molar-refractivity contribution is 9.12. The maximum absolute atomic E-state index is 13.5. The predicted molar refractivity (Wildman–Crippen MR) is 91.4 cm³/mol. The number of carbonyl (C=O) groups excluding carboxylic acids is 1. The summed E-state index contributed by atoms with van der Waals surface area (Å²) in [7, 11) is 0. The number of hydrogen-bond donors (Lipinski definition) is 1. The Balaban J connectivity index is 2.11. The van der Waals surface area contributed by atoms with Crippen LogP contribution in [0.5, 0.6) is 5.75 Å². The molecule has 2 N–H and O–H groups in total. The van der Waals surface area contributed by atoms with E-state index in [9.17, 15) is 18.0 Å². The molecule has 0 unspecified atom stereocenters. The van der Waals surface area contributed by atoms with Crippen LogP contribution < -0.4 is 10.5 Å². The van der Waals surface area contributed by atoms with Crippen LogP contribution in [0, 0.1) is 0 Å². The van der Waals surface area contributed by atoms with Gasteiger partial charge in [0.05, 0.1) is 18.4 Å². The largest absolute Gasteiger partial charge is 0.492 e. The van der Waals surface area contributed by atoms with Crippen LogP contribution in [-0.2, 0) is 16.4 Å². The second-order valence-electron chi connectivity index (χ2n) is 6.46. The fraction of sp³-hybridized carbons (Fsp3) is 0.312. The molecule has 2 aromatic rings. The van der Waals surface area contributed by atoms with Crippen LogP contribution >= 0.6 is 15.9 Å². The molecule has 0 saturated heterocycles. The van der Waals surface area contributed by atoms with E-state index in [2.05, 4.69) is 26.0 Å². The minimum absolute atomic E-state index is 0.0495. The quantitative estimate of drug-likeness (QED) is 0.757. The first-order valence-electron chi connectivity index (χ1n) is 7.46. The lowest BCUT2D eigenvalue weighted by molar-refractivity contribution is -0.138. The number of alkyl halides is 3. The van der Waals surface area contributed by atoms with E-state index in [0.29, 0.717) is 5.56 Å². The Morgan fingerprint density at radius 3 is 2.73 bits per heavy atom. The first kappa shape index (κ1) is 18.4. The standard InChI is InChI=1S/C16H14BrF3N4O2/c1-15(2)6-26-12-9(15)3-8(4-10(12)16(18,19)20)14-22-7-24(23-14)5-11(17)13(21)25/h3-5,7H,6H2,1-2H3,(H2,21,25)/b11-5-. The molecule has 1 aliphatic rings. The fourth-order valence-electron chi connectivity index (χ4n) is 2.61. The van der Waals surface area contributed by atoms with Crippen LogP contribution in [0.2, 0.25) is 0 Å². The lowest BCUT2D eigenvalue weighted by Gasteiger charge is -2.17. The summed E-state index contributed by atoms with van der Waals surface area (Å²) in [6, 6.07) is 2.57. The van der Waals surface area contributed by atoms with Crippen LogP contribution in [0.3, 0.4) is 0 Å². The molecule has 1 aromatic carbocycles. The first-order chi connectivity index (χ1) is 12.0. The van der Waals surface area contributed by atoms with Crippen molar-refractivity contribution in [3.8, 4) is 17.1 Å². The number of nitrogens with two attached hydrogens (primary N) is 1. The number of aromatic nitrogens is 3. The molecule has 26 heavy (non-hydrogen) atoms. The Bertz CT molecular complexity index is 919. The number of halogens is 4. The number of carbonyl (C=O) groups is 1. The van der Waals surface area contributed by atoms with Crippen LogP contribution in [-0.4, -0.2) is 27.3 Å². The van der Waals surface area contributed by atoms with Gasteiger partial charge in [-0.1, -0.05) is 13.8 Å². The molecule has 0 atom stereocenters. The fourth-order valence-corrected chi connectivity index (χ4v) is 2.82. The summed E-state index contributed by atoms with van der Waals surface area (Å²) in [5, 5.41) is 4.08. The molecular weight excluding hydrogens is 417 g/mol. The van der Waals surface area contributed by atoms with E-state index in [1.54, 1.807) is 6.07 Å². The zero-order valence-corrected chi connectivity index (χ0v) is 15.3. The van der Waals surface area contributed by atoms with Gasteiger partial charge in [0.15, 0.2) is 5.82 Å². The predicted octanol–water partition coefficient (Wildman–Crippen LogP) is 3.31. The van der Waals surface area contributed by atoms with Gasteiger partial charge in [-0.2, -0.15) is 13.2 Å². The van der Waals surface area contributed by atoms with Crippen LogP contribution in [0.1, 0.15) is 25.0 Å². The van der Waals surface area contributed by atoms with E-state index >= 15 is 0 Å². The van der Waals surface area contributed by atoms with E-state index < -0.39 is 23.1 Å². The Morgan fingerprint density at radius 2 is 2.12 bits per heavy atom. The average molecular weight is 431 g/mol. The van der Waals surface area contributed by atoms with Crippen molar-refractivity contribution >= 4 is 28.0 Å². The Kier molecular flexibility index (Phi) is 4.33. The summed E-state index contributed by atoms with van der Waals surface area (Å²) >= 11 is 2.97. The van der Waals surface area contributed by atoms with Crippen molar-refractivity contribution < 1.29 is 22.7 Å². The van der Waals surface area contributed by atoms with Crippen molar-refractivity contribution in [2.24, 2.45) is 5.73 Å². The Labute approximate surface area is 155 Å². The van der Waals surface area contributed by atoms with Crippen molar-refractivity contribution in [2.75, 3.05) is 6.61 Å². The topological polar surface area (TPSA) is 83.0 Å². The van der Waals surface area contributed by atoms with Crippen molar-refractivity contribution in [1.82, 2.24) is 14.8 Å². The third-order valence-electron chi connectivity index (χ3n) is 3.95. The minimum Gasteiger partial charge on any atom is -0.492 e. The first-order valence-corrected chi connectivity index (χ1v) is 8.25. The van der Waals surface area contributed by atoms with E-state index in [-0.39, 0.29) is 28.2 Å². The maximum Gasteiger partial charge on any atom is 0.419 e. The van der Waals surface area contributed by atoms with Crippen LogP contribution in [0.15, 0.2) is 22.9 Å². The Morgan fingerprint density at radius 1 is 1.42 bits per heavy atom. The van der Waals surface area contributed by atoms with Crippen molar-refractivity contribution in [3.05, 3.63) is 34.1 Å². The van der Waals surface area contributed by atoms with Gasteiger partial charge < -0.3 is 10.5 Å². The highest BCUT2D eigenvalue weighted by Gasteiger charge is 2.42. The molecule has 0 radical (unpaired) electrons. The Hall–Kier alpha value is -2.36. The summed E-state index contributed by atoms with van der Waals surface area (Å²) in [5.41, 5.74) is 4.34. The monoisotopic (exact) mass is 430 g/mol. The number of hydrogen-bond acceptors (Lipinski definition) is 4. The van der Waals surface area contributed by atoms with Gasteiger partial charge in [-0.05, 0) is 28.1 Å². The van der Waals surface area contributed by atoms with E-state index in [0.717, 1.165) is 6.07 Å². The van der Waals surface area contributed by atoms with E-state index in [4.69, 9.17) is 10.5 Å². The molecule has 0 fully saturated rings. The van der Waals surface area contributed by atoms with Gasteiger partial charge in [0, 0.05) is 16.5 Å². The average Bonchev–Trinajstić information content (AvgIpc) is 3.10. The molecule has 1 aromatic heterocycles. The summed E-state index contributed by atoms with van der Waals surface area (Å²) in [4.78, 5) is 15.1. The molecule has 2 heterocycles. The molecule has 0 bridgehead atoms. The molecule has 1 aliphatic heterocycles. The molecule has 0 saturated carbocycles. The second kappa shape index (κ2) is 6.11. The molecule has 6 nitrogen and oxygen atoms in total. The van der Waals surface area contributed by atoms with Gasteiger partial charge in [-0.15, -0.1) is 5.10 Å². The van der Waals surface area contributed by atoms with Crippen molar-refractivity contribution in [3.63, 3.8) is 0 Å². The number of rotatable bonds is 3. The number of fused-ring (bicyclic) bond motifs is 1. The maximum atomic E-state index is 13.5. The van der Waals surface area contributed by atoms with E-state index in [1.807, 2.05) is 13.8 Å². The number of nitrogens with zero attached hydrogens (tertiary/aromatic N) is 3. The van der Waals surface area contributed by atoms with E-state index in [1.165, 1.54) is 17.2 Å². The summed E-state index contributed by atoms with van der Waals surface area (Å²) in [5.74, 6) is -0.776. The van der Waals surface area contributed by atoms with Gasteiger partial charge in [-0.25, -0.2) is 9.67 Å². The molecule has 0 spiro atoms. The smallest absolute Gasteiger partial charge is 0.419 e. The van der Waals surface area contributed by atoms with Crippen LogP contribution in [0.25, 0.3) is 17.6 Å². The lowest BCUT2D eigenvalue weighted by atomic mass is 9.85. The zero-order chi connectivity index (χ0) is 19.3. The molecule has 1 amide bonds. The highest BCUT2D eigenvalue weighted by atomic mass is 79.9. The number of amides is 1. The van der Waals surface area contributed by atoms with Gasteiger partial charge in [0.1, 0.15) is 16.6 Å². The van der Waals surface area contributed by atoms with Gasteiger partial charge in [0.2, 0.25) is 0 Å². The minimum atomic E-state index is -4.57. The van der Waals surface area contributed by atoms with Gasteiger partial charge >= 0.3 is 6.18 Å². The van der Waals surface area contributed by atoms with Gasteiger partial charge in [-0.3, -0.25) is 4.79 Å². The number of primary amides is 1. The summed E-state index contributed by atoms with van der Waals surface area (Å²) in [6.45, 7) is 3.77. The highest BCUT2D eigenvalue weighted by Crippen LogP contribution is 2.48. The SMILES string of the molecule is CC1(C)COc2c(C(F)(F)F)cc(-c3ncn(/C=C(\Br)C(N)=O)n3)cc21. The normalized spacial score (nSPS) is 16.3. The van der Waals surface area contributed by atoms with Gasteiger partial charge in [0.25, 0.3) is 5.91 Å². The zero-order valence-electron chi connectivity index (χ0n) is 13.8. The number of ether oxygens (including phenoxy) is 1. The number of benzene rings is 1. The molecule has 138 valence electrons.